The Kier molecular flexibility index (Phi) is 7.62. The summed E-state index contributed by atoms with van der Waals surface area (Å²) in [4.78, 5) is 47.6. The molecule has 1 atom stereocenters. The van der Waals surface area contributed by atoms with Gasteiger partial charge < -0.3 is 19.6 Å². The smallest absolute Gasteiger partial charge is 0.256 e. The number of carbonyl (C=O) groups excluding carboxylic acids is 3. The Morgan fingerprint density at radius 3 is 2.46 bits per heavy atom. The third-order valence-corrected chi connectivity index (χ3v) is 6.99. The number of hydrogen-bond acceptors (Lipinski definition) is 4. The summed E-state index contributed by atoms with van der Waals surface area (Å²) in [6.07, 6.45) is 0.364. The zero-order chi connectivity index (χ0) is 27.1. The minimum absolute atomic E-state index is 0.0190. The van der Waals surface area contributed by atoms with Crippen molar-refractivity contribution in [2.24, 2.45) is 5.41 Å². The van der Waals surface area contributed by atoms with E-state index < -0.39 is 11.9 Å². The maximum atomic E-state index is 14.7. The zero-order valence-electron chi connectivity index (χ0n) is 22.1. The highest BCUT2D eigenvalue weighted by Gasteiger charge is 2.43. The molecule has 0 aliphatic carbocycles. The van der Waals surface area contributed by atoms with Crippen LogP contribution in [-0.4, -0.2) is 85.3 Å². The first-order chi connectivity index (χ1) is 17.4. The number of hydrogen-bond donors (Lipinski definition) is 0. The zero-order valence-corrected chi connectivity index (χ0v) is 22.8. The molecule has 2 aliphatic heterocycles. The predicted molar refractivity (Wildman–Crippen MR) is 143 cm³/mol. The Hall–Kier alpha value is -2.97. The van der Waals surface area contributed by atoms with Crippen LogP contribution < -0.4 is 4.90 Å². The van der Waals surface area contributed by atoms with Crippen molar-refractivity contribution in [1.82, 2.24) is 14.7 Å². The molecule has 4 rings (SSSR count). The summed E-state index contributed by atoms with van der Waals surface area (Å²) < 4.78 is 14.7. The topological polar surface area (TPSA) is 64.2 Å². The number of carbonyl (C=O) groups is 3. The molecule has 0 unspecified atom stereocenters. The first-order valence-corrected chi connectivity index (χ1v) is 12.9. The van der Waals surface area contributed by atoms with E-state index in [1.807, 2.05) is 39.8 Å². The van der Waals surface area contributed by atoms with Crippen LogP contribution in [0.25, 0.3) is 11.1 Å². The van der Waals surface area contributed by atoms with Gasteiger partial charge in [-0.05, 0) is 55.4 Å². The maximum absolute atomic E-state index is 14.7. The highest BCUT2D eigenvalue weighted by molar-refractivity contribution is 6.30. The fraction of sp³-hybridized carbons (Fsp3) is 0.464. The second-order valence-electron chi connectivity index (χ2n) is 11.2. The van der Waals surface area contributed by atoms with Gasteiger partial charge in [-0.3, -0.25) is 14.4 Å². The van der Waals surface area contributed by atoms with Crippen LogP contribution >= 0.6 is 11.6 Å². The highest BCUT2D eigenvalue weighted by Crippen LogP contribution is 2.35. The van der Waals surface area contributed by atoms with E-state index in [2.05, 4.69) is 0 Å². The van der Waals surface area contributed by atoms with E-state index in [1.165, 1.54) is 6.07 Å². The minimum atomic E-state index is -0.782. The lowest BCUT2D eigenvalue weighted by atomic mass is 9.91. The van der Waals surface area contributed by atoms with Crippen LogP contribution in [0.15, 0.2) is 36.4 Å². The van der Waals surface area contributed by atoms with Gasteiger partial charge in [-0.15, -0.1) is 0 Å². The van der Waals surface area contributed by atoms with E-state index >= 15 is 0 Å². The Bertz CT molecular complexity index is 1230. The molecule has 0 radical (unpaired) electrons. The molecule has 1 saturated heterocycles. The van der Waals surface area contributed by atoms with Gasteiger partial charge in [0.05, 0.1) is 17.8 Å². The summed E-state index contributed by atoms with van der Waals surface area (Å²) in [7, 11) is 3.83. The third kappa shape index (κ3) is 5.80. The van der Waals surface area contributed by atoms with Gasteiger partial charge in [-0.1, -0.05) is 38.4 Å². The second-order valence-corrected chi connectivity index (χ2v) is 11.7. The summed E-state index contributed by atoms with van der Waals surface area (Å²) in [5.41, 5.74) is 1.51. The molecule has 2 aromatic rings. The van der Waals surface area contributed by atoms with Gasteiger partial charge in [-0.2, -0.15) is 0 Å². The first-order valence-electron chi connectivity index (χ1n) is 12.5. The van der Waals surface area contributed by atoms with Crippen molar-refractivity contribution in [3.63, 3.8) is 0 Å². The summed E-state index contributed by atoms with van der Waals surface area (Å²) in [6, 6.07) is 8.72. The predicted octanol–water partition coefficient (Wildman–Crippen LogP) is 4.14. The van der Waals surface area contributed by atoms with Crippen molar-refractivity contribution in [1.29, 1.82) is 0 Å². The molecule has 37 heavy (non-hydrogen) atoms. The average molecular weight is 529 g/mol. The van der Waals surface area contributed by atoms with E-state index in [9.17, 15) is 18.8 Å². The van der Waals surface area contributed by atoms with E-state index in [-0.39, 0.29) is 41.2 Å². The number of halogens is 2. The lowest BCUT2D eigenvalue weighted by Gasteiger charge is -2.41. The van der Waals surface area contributed by atoms with Gasteiger partial charge in [-0.25, -0.2) is 4.39 Å². The van der Waals surface area contributed by atoms with Crippen LogP contribution in [0.1, 0.15) is 37.6 Å². The number of fused-ring (bicyclic) bond motifs is 2. The Balaban J connectivity index is 1.74. The summed E-state index contributed by atoms with van der Waals surface area (Å²) in [5, 5.41) is 0.286. The standard InChI is InChI=1S/C28H34ClFN4O3/c1-28(2,3)16-25(35)32-11-13-34-24(17-32)27(37)33(12-10-31(4)5)23-9-6-18(14-21(23)26(34)36)20-8-7-19(29)15-22(20)30/h6-9,14-15,24H,10-13,16-17H2,1-5H3/t24-/m0/s1. The molecule has 2 aliphatic rings. The van der Waals surface area contributed by atoms with Crippen LogP contribution in [0.4, 0.5) is 10.1 Å². The van der Waals surface area contributed by atoms with Gasteiger partial charge in [0.1, 0.15) is 11.9 Å². The first kappa shape index (κ1) is 27.1. The van der Waals surface area contributed by atoms with Crippen LogP contribution in [0.3, 0.4) is 0 Å². The van der Waals surface area contributed by atoms with Crippen LogP contribution in [0, 0.1) is 11.2 Å². The summed E-state index contributed by atoms with van der Waals surface area (Å²) in [5.74, 6) is -1.01. The van der Waals surface area contributed by atoms with E-state index in [0.717, 1.165) is 0 Å². The number of rotatable bonds is 5. The molecule has 7 nitrogen and oxygen atoms in total. The van der Waals surface area contributed by atoms with Gasteiger partial charge in [0.2, 0.25) is 5.91 Å². The molecule has 9 heteroatoms. The van der Waals surface area contributed by atoms with Crippen LogP contribution in [-0.2, 0) is 9.59 Å². The van der Waals surface area contributed by atoms with Crippen molar-refractivity contribution >= 4 is 35.0 Å². The number of piperazine rings is 1. The lowest BCUT2D eigenvalue weighted by Crippen LogP contribution is -2.61. The van der Waals surface area contributed by atoms with Crippen LogP contribution in [0.2, 0.25) is 5.02 Å². The Labute approximate surface area is 222 Å². The van der Waals surface area contributed by atoms with E-state index in [0.29, 0.717) is 48.4 Å². The average Bonchev–Trinajstić information content (AvgIpc) is 2.89. The van der Waals surface area contributed by atoms with Gasteiger partial charge in [0, 0.05) is 43.2 Å². The van der Waals surface area contributed by atoms with Crippen molar-refractivity contribution in [2.45, 2.75) is 33.2 Å². The number of likely N-dealkylation sites (N-methyl/N-ethyl adjacent to an activating group) is 1. The number of benzene rings is 2. The fourth-order valence-corrected chi connectivity index (χ4v) is 5.01. The molecule has 0 aromatic heterocycles. The van der Waals surface area contributed by atoms with Crippen molar-refractivity contribution in [3.8, 4) is 11.1 Å². The number of nitrogens with zero attached hydrogens (tertiary/aromatic N) is 4. The molecular weight excluding hydrogens is 495 g/mol. The summed E-state index contributed by atoms with van der Waals surface area (Å²) in [6.45, 7) is 7.75. The third-order valence-electron chi connectivity index (χ3n) is 6.76. The van der Waals surface area contributed by atoms with Crippen molar-refractivity contribution in [3.05, 3.63) is 52.8 Å². The molecule has 198 valence electrons. The molecule has 3 amide bonds. The van der Waals surface area contributed by atoms with Gasteiger partial charge in [0.25, 0.3) is 11.8 Å². The molecule has 0 spiro atoms. The fourth-order valence-electron chi connectivity index (χ4n) is 4.85. The monoisotopic (exact) mass is 528 g/mol. The molecular formula is C28H34ClFN4O3. The Morgan fingerprint density at radius 1 is 1.08 bits per heavy atom. The van der Waals surface area contributed by atoms with E-state index in [4.69, 9.17) is 11.6 Å². The van der Waals surface area contributed by atoms with Crippen molar-refractivity contribution in [2.75, 3.05) is 51.7 Å². The van der Waals surface area contributed by atoms with E-state index in [1.54, 1.807) is 45.0 Å². The highest BCUT2D eigenvalue weighted by atomic mass is 35.5. The minimum Gasteiger partial charge on any atom is -0.338 e. The molecule has 0 bridgehead atoms. The normalized spacial score (nSPS) is 18.2. The quantitative estimate of drug-likeness (QED) is 0.585. The van der Waals surface area contributed by atoms with Gasteiger partial charge >= 0.3 is 0 Å². The Morgan fingerprint density at radius 2 is 1.81 bits per heavy atom. The lowest BCUT2D eigenvalue weighted by molar-refractivity contribution is -0.137. The molecule has 2 heterocycles. The maximum Gasteiger partial charge on any atom is 0.256 e. The second kappa shape index (κ2) is 10.4. The molecule has 0 saturated carbocycles. The van der Waals surface area contributed by atoms with Crippen LogP contribution in [0.5, 0.6) is 0 Å². The largest absolute Gasteiger partial charge is 0.338 e. The SMILES string of the molecule is CN(C)CCN1C(=O)[C@@H]2CN(C(=O)CC(C)(C)C)CCN2C(=O)c2cc(-c3ccc(Cl)cc3F)ccc21. The molecule has 2 aromatic carbocycles. The van der Waals surface area contributed by atoms with Crippen molar-refractivity contribution < 1.29 is 18.8 Å². The van der Waals surface area contributed by atoms with Gasteiger partial charge in [0.15, 0.2) is 0 Å². The molecule has 1 fully saturated rings. The number of anilines is 1. The number of amides is 3. The molecule has 0 N–H and O–H groups in total. The summed E-state index contributed by atoms with van der Waals surface area (Å²) >= 11 is 5.93.